The van der Waals surface area contributed by atoms with E-state index in [0.717, 1.165) is 29.3 Å². The van der Waals surface area contributed by atoms with Gasteiger partial charge in [0.05, 0.1) is 4.88 Å². The Morgan fingerprint density at radius 3 is 3.11 bits per heavy atom. The van der Waals surface area contributed by atoms with Crippen LogP contribution in [0, 0.1) is 12.8 Å². The Morgan fingerprint density at radius 2 is 2.37 bits per heavy atom. The van der Waals surface area contributed by atoms with Crippen molar-refractivity contribution in [1.29, 1.82) is 0 Å². The minimum atomic E-state index is -0.0569. The summed E-state index contributed by atoms with van der Waals surface area (Å²) in [5.41, 5.74) is 2.29. The summed E-state index contributed by atoms with van der Waals surface area (Å²) in [6.45, 7) is 4.18. The van der Waals surface area contributed by atoms with Crippen LogP contribution in [0.15, 0.2) is 12.1 Å². The molecule has 0 bridgehead atoms. The van der Waals surface area contributed by atoms with Gasteiger partial charge in [0.1, 0.15) is 0 Å². The number of amides is 1. The maximum atomic E-state index is 12.2. The first kappa shape index (κ1) is 12.4. The fourth-order valence-corrected chi connectivity index (χ4v) is 3.58. The third-order valence-corrected chi connectivity index (χ3v) is 4.74. The number of thiophene rings is 1. The standard InChI is InChI=1S/C14H17N3OS/c1-8-3-4-11-10(5-8)7-12(19-11)14(18)15-13-6-9(2)16-17-13/h6-8H,3-5H2,1-2H3,(H2,15,16,17,18). The maximum Gasteiger partial charge on any atom is 0.266 e. The van der Waals surface area contributed by atoms with Crippen LogP contribution in [-0.2, 0) is 12.8 Å². The number of aromatic amines is 1. The summed E-state index contributed by atoms with van der Waals surface area (Å²) in [5.74, 6) is 1.26. The van der Waals surface area contributed by atoms with E-state index in [1.54, 1.807) is 11.3 Å². The number of carbonyl (C=O) groups excluding carboxylic acids is 1. The molecule has 3 rings (SSSR count). The van der Waals surface area contributed by atoms with Crippen LogP contribution in [0.4, 0.5) is 5.82 Å². The van der Waals surface area contributed by atoms with E-state index in [2.05, 4.69) is 22.4 Å². The van der Waals surface area contributed by atoms with Crippen LogP contribution in [0.1, 0.15) is 39.2 Å². The van der Waals surface area contributed by atoms with Gasteiger partial charge in [0.2, 0.25) is 0 Å². The Kier molecular flexibility index (Phi) is 3.14. The highest BCUT2D eigenvalue weighted by molar-refractivity contribution is 7.14. The largest absolute Gasteiger partial charge is 0.304 e. The SMILES string of the molecule is Cc1cc(NC(=O)c2cc3c(s2)CCC(C)C3)n[nH]1. The maximum absolute atomic E-state index is 12.2. The van der Waals surface area contributed by atoms with Crippen molar-refractivity contribution < 1.29 is 4.79 Å². The lowest BCUT2D eigenvalue weighted by Gasteiger charge is -2.16. The van der Waals surface area contributed by atoms with E-state index >= 15 is 0 Å². The fourth-order valence-electron chi connectivity index (χ4n) is 2.48. The number of H-pyrrole nitrogens is 1. The van der Waals surface area contributed by atoms with Crippen molar-refractivity contribution in [2.75, 3.05) is 5.32 Å². The van der Waals surface area contributed by atoms with E-state index in [1.807, 2.05) is 19.1 Å². The van der Waals surface area contributed by atoms with E-state index in [9.17, 15) is 4.79 Å². The van der Waals surface area contributed by atoms with Gasteiger partial charge < -0.3 is 5.32 Å². The Labute approximate surface area is 116 Å². The number of fused-ring (bicyclic) bond motifs is 1. The van der Waals surface area contributed by atoms with E-state index in [0.29, 0.717) is 5.82 Å². The summed E-state index contributed by atoms with van der Waals surface area (Å²) >= 11 is 1.62. The van der Waals surface area contributed by atoms with Gasteiger partial charge in [0.15, 0.2) is 5.82 Å². The Balaban J connectivity index is 1.77. The molecular weight excluding hydrogens is 258 g/mol. The quantitative estimate of drug-likeness (QED) is 0.884. The van der Waals surface area contributed by atoms with Crippen molar-refractivity contribution in [3.63, 3.8) is 0 Å². The molecule has 100 valence electrons. The monoisotopic (exact) mass is 275 g/mol. The molecular formula is C14H17N3OS. The zero-order valence-electron chi connectivity index (χ0n) is 11.1. The Hall–Kier alpha value is -1.62. The number of aromatic nitrogens is 2. The third kappa shape index (κ3) is 2.56. The van der Waals surface area contributed by atoms with E-state index in [-0.39, 0.29) is 5.91 Å². The summed E-state index contributed by atoms with van der Waals surface area (Å²) in [6.07, 6.45) is 3.43. The molecule has 1 atom stereocenters. The van der Waals surface area contributed by atoms with E-state index < -0.39 is 0 Å². The predicted octanol–water partition coefficient (Wildman–Crippen LogP) is 3.16. The van der Waals surface area contributed by atoms with Crippen LogP contribution < -0.4 is 5.32 Å². The lowest BCUT2D eigenvalue weighted by Crippen LogP contribution is -2.10. The van der Waals surface area contributed by atoms with Crippen molar-refractivity contribution in [1.82, 2.24) is 10.2 Å². The first-order valence-electron chi connectivity index (χ1n) is 6.57. The zero-order chi connectivity index (χ0) is 13.4. The number of rotatable bonds is 2. The smallest absolute Gasteiger partial charge is 0.266 e. The third-order valence-electron chi connectivity index (χ3n) is 3.50. The number of aryl methyl sites for hydroxylation is 2. The second kappa shape index (κ2) is 4.81. The van der Waals surface area contributed by atoms with Crippen LogP contribution in [0.2, 0.25) is 0 Å². The summed E-state index contributed by atoms with van der Waals surface area (Å²) in [5, 5.41) is 9.67. The summed E-state index contributed by atoms with van der Waals surface area (Å²) < 4.78 is 0. The van der Waals surface area contributed by atoms with Gasteiger partial charge in [-0.25, -0.2) is 0 Å². The molecule has 1 unspecified atom stereocenters. The average molecular weight is 275 g/mol. The molecule has 0 spiro atoms. The minimum absolute atomic E-state index is 0.0569. The summed E-state index contributed by atoms with van der Waals surface area (Å²) in [4.78, 5) is 14.3. The highest BCUT2D eigenvalue weighted by Crippen LogP contribution is 2.32. The van der Waals surface area contributed by atoms with Gasteiger partial charge in [-0.3, -0.25) is 9.89 Å². The van der Waals surface area contributed by atoms with Crippen LogP contribution in [0.5, 0.6) is 0 Å². The molecule has 1 aliphatic rings. The molecule has 2 heterocycles. The number of anilines is 1. The minimum Gasteiger partial charge on any atom is -0.304 e. The van der Waals surface area contributed by atoms with Crippen molar-refractivity contribution >= 4 is 23.1 Å². The zero-order valence-corrected chi connectivity index (χ0v) is 11.9. The van der Waals surface area contributed by atoms with E-state index in [4.69, 9.17) is 0 Å². The number of carbonyl (C=O) groups is 1. The molecule has 2 aromatic heterocycles. The van der Waals surface area contributed by atoms with Crippen LogP contribution in [0.3, 0.4) is 0 Å². The summed E-state index contributed by atoms with van der Waals surface area (Å²) in [6, 6.07) is 3.87. The van der Waals surface area contributed by atoms with Gasteiger partial charge >= 0.3 is 0 Å². The summed E-state index contributed by atoms with van der Waals surface area (Å²) in [7, 11) is 0. The normalized spacial score (nSPS) is 18.1. The van der Waals surface area contributed by atoms with Gasteiger partial charge in [-0.2, -0.15) is 5.10 Å². The Bertz CT molecular complexity index is 614. The van der Waals surface area contributed by atoms with Gasteiger partial charge in [-0.1, -0.05) is 6.92 Å². The van der Waals surface area contributed by atoms with Crippen molar-refractivity contribution in [3.05, 3.63) is 33.1 Å². The fraction of sp³-hybridized carbons (Fsp3) is 0.429. The van der Waals surface area contributed by atoms with Crippen LogP contribution in [-0.4, -0.2) is 16.1 Å². The molecule has 2 N–H and O–H groups in total. The topological polar surface area (TPSA) is 57.8 Å². The van der Waals surface area contributed by atoms with Gasteiger partial charge in [0.25, 0.3) is 5.91 Å². The highest BCUT2D eigenvalue weighted by atomic mass is 32.1. The molecule has 0 saturated carbocycles. The van der Waals surface area contributed by atoms with Gasteiger partial charge in [-0.05, 0) is 43.7 Å². The van der Waals surface area contributed by atoms with Gasteiger partial charge in [-0.15, -0.1) is 11.3 Å². The van der Waals surface area contributed by atoms with Crippen molar-refractivity contribution in [2.24, 2.45) is 5.92 Å². The molecule has 0 radical (unpaired) electrons. The molecule has 1 aliphatic carbocycles. The molecule has 0 saturated heterocycles. The molecule has 5 heteroatoms. The molecule has 4 nitrogen and oxygen atoms in total. The van der Waals surface area contributed by atoms with Crippen LogP contribution >= 0.6 is 11.3 Å². The molecule has 1 amide bonds. The number of nitrogens with one attached hydrogen (secondary N) is 2. The molecule has 19 heavy (non-hydrogen) atoms. The van der Waals surface area contributed by atoms with Crippen molar-refractivity contribution in [2.45, 2.75) is 33.1 Å². The molecule has 0 aliphatic heterocycles. The molecule has 2 aromatic rings. The van der Waals surface area contributed by atoms with Crippen LogP contribution in [0.25, 0.3) is 0 Å². The number of hydrogen-bond acceptors (Lipinski definition) is 3. The van der Waals surface area contributed by atoms with Gasteiger partial charge in [0, 0.05) is 16.6 Å². The second-order valence-electron chi connectivity index (χ2n) is 5.30. The highest BCUT2D eigenvalue weighted by Gasteiger charge is 2.20. The lowest BCUT2D eigenvalue weighted by atomic mass is 9.90. The first-order chi connectivity index (χ1) is 9.11. The van der Waals surface area contributed by atoms with Crippen molar-refractivity contribution in [3.8, 4) is 0 Å². The predicted molar refractivity (Wildman–Crippen MR) is 76.8 cm³/mol. The average Bonchev–Trinajstić information content (AvgIpc) is 2.95. The molecule has 0 fully saturated rings. The number of nitrogens with zero attached hydrogens (tertiary/aromatic N) is 1. The van der Waals surface area contributed by atoms with E-state index in [1.165, 1.54) is 16.9 Å². The number of hydrogen-bond donors (Lipinski definition) is 2. The molecule has 0 aromatic carbocycles. The second-order valence-corrected chi connectivity index (χ2v) is 6.43. The first-order valence-corrected chi connectivity index (χ1v) is 7.38. The lowest BCUT2D eigenvalue weighted by molar-refractivity contribution is 0.103. The Morgan fingerprint density at radius 1 is 1.53 bits per heavy atom.